The number of benzene rings is 1. The van der Waals surface area contributed by atoms with Crippen molar-refractivity contribution in [1.29, 1.82) is 0 Å². The SMILES string of the molecule is O=[N+]([O-])c1cc(Br)c(F)cc1OCC1(CS)CC1. The standard InChI is InChI=1S/C11H11BrFNO3S/c12-7-3-9(14(15)16)10(4-8(7)13)17-5-11(6-18)1-2-11/h3-4,18H,1-2,5-6H2. The van der Waals surface area contributed by atoms with Gasteiger partial charge in [-0.2, -0.15) is 12.6 Å². The molecule has 0 saturated heterocycles. The van der Waals surface area contributed by atoms with Crippen molar-refractivity contribution in [2.24, 2.45) is 5.41 Å². The van der Waals surface area contributed by atoms with Crippen LogP contribution in [0.3, 0.4) is 0 Å². The van der Waals surface area contributed by atoms with Crippen LogP contribution in [0.4, 0.5) is 10.1 Å². The second-order valence-electron chi connectivity index (χ2n) is 4.44. The molecule has 2 rings (SSSR count). The molecule has 0 heterocycles. The molecule has 0 spiro atoms. The molecular formula is C11H11BrFNO3S. The van der Waals surface area contributed by atoms with E-state index in [0.717, 1.165) is 25.0 Å². The average Bonchev–Trinajstić information content (AvgIpc) is 3.10. The van der Waals surface area contributed by atoms with Gasteiger partial charge in [-0.3, -0.25) is 10.1 Å². The number of thiol groups is 1. The molecule has 18 heavy (non-hydrogen) atoms. The zero-order valence-electron chi connectivity index (χ0n) is 9.36. The smallest absolute Gasteiger partial charge is 0.312 e. The first-order valence-electron chi connectivity index (χ1n) is 5.34. The van der Waals surface area contributed by atoms with Gasteiger partial charge in [0.2, 0.25) is 0 Å². The lowest BCUT2D eigenvalue weighted by atomic mass is 10.1. The maximum Gasteiger partial charge on any atom is 0.312 e. The number of hydrogen-bond acceptors (Lipinski definition) is 4. The van der Waals surface area contributed by atoms with Gasteiger partial charge in [-0.15, -0.1) is 0 Å². The van der Waals surface area contributed by atoms with Gasteiger partial charge in [0.25, 0.3) is 0 Å². The zero-order valence-corrected chi connectivity index (χ0v) is 11.8. The van der Waals surface area contributed by atoms with Crippen molar-refractivity contribution in [3.05, 3.63) is 32.5 Å². The number of nitro groups is 1. The Balaban J connectivity index is 2.20. The molecule has 1 aliphatic carbocycles. The Hall–Kier alpha value is -0.820. The van der Waals surface area contributed by atoms with E-state index in [9.17, 15) is 14.5 Å². The summed E-state index contributed by atoms with van der Waals surface area (Å²) in [4.78, 5) is 10.3. The van der Waals surface area contributed by atoms with Crippen molar-refractivity contribution in [1.82, 2.24) is 0 Å². The lowest BCUT2D eigenvalue weighted by molar-refractivity contribution is -0.386. The van der Waals surface area contributed by atoms with Crippen LogP contribution in [0.1, 0.15) is 12.8 Å². The molecular weight excluding hydrogens is 325 g/mol. The van der Waals surface area contributed by atoms with Crippen molar-refractivity contribution < 1.29 is 14.1 Å². The first-order valence-corrected chi connectivity index (χ1v) is 6.77. The number of hydrogen-bond donors (Lipinski definition) is 1. The minimum atomic E-state index is -0.584. The van der Waals surface area contributed by atoms with Crippen LogP contribution in [-0.4, -0.2) is 17.3 Å². The van der Waals surface area contributed by atoms with E-state index >= 15 is 0 Å². The van der Waals surface area contributed by atoms with Crippen LogP contribution < -0.4 is 4.74 Å². The molecule has 7 heteroatoms. The molecule has 0 N–H and O–H groups in total. The van der Waals surface area contributed by atoms with Crippen molar-refractivity contribution in [3.63, 3.8) is 0 Å². The Bertz CT molecular complexity index is 493. The van der Waals surface area contributed by atoms with Crippen LogP contribution in [0, 0.1) is 21.3 Å². The van der Waals surface area contributed by atoms with Gasteiger partial charge < -0.3 is 4.74 Å². The van der Waals surface area contributed by atoms with E-state index in [1.54, 1.807) is 0 Å². The highest BCUT2D eigenvalue weighted by atomic mass is 79.9. The van der Waals surface area contributed by atoms with E-state index < -0.39 is 10.7 Å². The Morgan fingerprint density at radius 1 is 1.56 bits per heavy atom. The third kappa shape index (κ3) is 2.77. The molecule has 4 nitrogen and oxygen atoms in total. The Labute approximate surface area is 117 Å². The fourth-order valence-electron chi connectivity index (χ4n) is 1.53. The largest absolute Gasteiger partial charge is 0.486 e. The molecule has 0 atom stereocenters. The summed E-state index contributed by atoms with van der Waals surface area (Å²) < 4.78 is 18.8. The van der Waals surface area contributed by atoms with Crippen LogP contribution in [0.15, 0.2) is 16.6 Å². The first-order chi connectivity index (χ1) is 8.47. The fourth-order valence-corrected chi connectivity index (χ4v) is 2.27. The Morgan fingerprint density at radius 3 is 2.72 bits per heavy atom. The van der Waals surface area contributed by atoms with Gasteiger partial charge in [0.1, 0.15) is 5.82 Å². The van der Waals surface area contributed by atoms with Gasteiger partial charge >= 0.3 is 5.69 Å². The third-order valence-corrected chi connectivity index (χ3v) is 4.30. The number of ether oxygens (including phenoxy) is 1. The predicted molar refractivity (Wildman–Crippen MR) is 71.8 cm³/mol. The highest BCUT2D eigenvalue weighted by Crippen LogP contribution is 2.47. The molecule has 0 radical (unpaired) electrons. The van der Waals surface area contributed by atoms with Crippen LogP contribution in [0.5, 0.6) is 5.75 Å². The Kier molecular flexibility index (Phi) is 3.82. The summed E-state index contributed by atoms with van der Waals surface area (Å²) in [6.45, 7) is 0.332. The van der Waals surface area contributed by atoms with E-state index in [1.807, 2.05) is 0 Å². The maximum absolute atomic E-state index is 13.4. The highest BCUT2D eigenvalue weighted by Gasteiger charge is 2.42. The van der Waals surface area contributed by atoms with E-state index in [4.69, 9.17) is 4.74 Å². The molecule has 0 amide bonds. The van der Waals surface area contributed by atoms with Crippen LogP contribution in [0.25, 0.3) is 0 Å². The molecule has 98 valence electrons. The van der Waals surface area contributed by atoms with Crippen LogP contribution in [-0.2, 0) is 0 Å². The summed E-state index contributed by atoms with van der Waals surface area (Å²) in [5.41, 5.74) is -0.237. The summed E-state index contributed by atoms with van der Waals surface area (Å²) in [7, 11) is 0. The summed E-state index contributed by atoms with van der Waals surface area (Å²) in [6, 6.07) is 2.15. The fraction of sp³-hybridized carbons (Fsp3) is 0.455. The van der Waals surface area contributed by atoms with E-state index in [-0.39, 0.29) is 21.3 Å². The van der Waals surface area contributed by atoms with Crippen molar-refractivity contribution >= 4 is 34.2 Å². The molecule has 0 aliphatic heterocycles. The molecule has 1 fully saturated rings. The van der Waals surface area contributed by atoms with Gasteiger partial charge in [0.05, 0.1) is 16.0 Å². The highest BCUT2D eigenvalue weighted by molar-refractivity contribution is 9.10. The van der Waals surface area contributed by atoms with Gasteiger partial charge in [0, 0.05) is 17.5 Å². The number of nitro benzene ring substituents is 1. The average molecular weight is 336 g/mol. The first kappa shape index (κ1) is 13.6. The molecule has 1 aliphatic rings. The van der Waals surface area contributed by atoms with Crippen molar-refractivity contribution in [2.75, 3.05) is 12.4 Å². The van der Waals surface area contributed by atoms with Gasteiger partial charge in [0.15, 0.2) is 5.75 Å². The quantitative estimate of drug-likeness (QED) is 0.508. The van der Waals surface area contributed by atoms with E-state index in [2.05, 4.69) is 28.6 Å². The minimum absolute atomic E-state index is 0.000525. The van der Waals surface area contributed by atoms with Gasteiger partial charge in [-0.25, -0.2) is 4.39 Å². The number of nitrogens with zero attached hydrogens (tertiary/aromatic N) is 1. The Morgan fingerprint density at radius 2 is 2.22 bits per heavy atom. The summed E-state index contributed by atoms with van der Waals surface area (Å²) >= 11 is 7.14. The normalized spacial score (nSPS) is 16.4. The summed E-state index contributed by atoms with van der Waals surface area (Å²) in [5.74, 6) is 0.0554. The lowest BCUT2D eigenvalue weighted by Gasteiger charge is -2.13. The molecule has 1 saturated carbocycles. The number of rotatable bonds is 5. The number of halogens is 2. The molecule has 0 unspecified atom stereocenters. The van der Waals surface area contributed by atoms with E-state index in [1.165, 1.54) is 0 Å². The molecule has 0 aromatic heterocycles. The van der Waals surface area contributed by atoms with Gasteiger partial charge in [-0.05, 0) is 34.5 Å². The van der Waals surface area contributed by atoms with Crippen molar-refractivity contribution in [3.8, 4) is 5.75 Å². The monoisotopic (exact) mass is 335 g/mol. The minimum Gasteiger partial charge on any atom is -0.486 e. The van der Waals surface area contributed by atoms with Crippen molar-refractivity contribution in [2.45, 2.75) is 12.8 Å². The van der Waals surface area contributed by atoms with Crippen LogP contribution >= 0.6 is 28.6 Å². The predicted octanol–water partition coefficient (Wildman–Crippen LogP) is 3.59. The molecule has 1 aromatic carbocycles. The third-order valence-electron chi connectivity index (χ3n) is 3.02. The lowest BCUT2D eigenvalue weighted by Crippen LogP contribution is -2.15. The summed E-state index contributed by atoms with van der Waals surface area (Å²) in [5, 5.41) is 10.9. The zero-order chi connectivity index (χ0) is 13.3. The topological polar surface area (TPSA) is 52.4 Å². The van der Waals surface area contributed by atoms with Crippen LogP contribution in [0.2, 0.25) is 0 Å². The van der Waals surface area contributed by atoms with E-state index in [0.29, 0.717) is 12.4 Å². The van der Waals surface area contributed by atoms with Gasteiger partial charge in [-0.1, -0.05) is 0 Å². The second-order valence-corrected chi connectivity index (χ2v) is 5.61. The second kappa shape index (κ2) is 5.05. The molecule has 0 bridgehead atoms. The summed E-state index contributed by atoms with van der Waals surface area (Å²) in [6.07, 6.45) is 1.98. The maximum atomic E-state index is 13.4. The molecule has 1 aromatic rings.